The van der Waals surface area contributed by atoms with Crippen LogP contribution < -0.4 is 5.32 Å². The van der Waals surface area contributed by atoms with E-state index >= 15 is 0 Å². The third-order valence-corrected chi connectivity index (χ3v) is 4.04. The second-order valence-corrected chi connectivity index (χ2v) is 6.06. The molecule has 0 unspecified atom stereocenters. The maximum Gasteiger partial charge on any atom is 0.407 e. The van der Waals surface area contributed by atoms with Crippen LogP contribution in [0, 0.1) is 17.8 Å². The zero-order valence-corrected chi connectivity index (χ0v) is 10.6. The minimum Gasteiger partial charge on any atom is -0.443 e. The number of hydrogen-bond acceptors (Lipinski definition) is 2. The summed E-state index contributed by atoms with van der Waals surface area (Å²) in [4.78, 5) is 11.4. The van der Waals surface area contributed by atoms with E-state index < -0.39 is 0 Å². The molecule has 0 aliphatic heterocycles. The van der Waals surface area contributed by atoms with Crippen LogP contribution in [0.1, 0.15) is 46.5 Å². The molecule has 2 fully saturated rings. The van der Waals surface area contributed by atoms with Gasteiger partial charge >= 0.3 is 6.09 Å². The number of carbonyl (C=O) groups excluding carboxylic acids is 1. The minimum absolute atomic E-state index is 0.149. The average Bonchev–Trinajstić information content (AvgIpc) is 2.79. The van der Waals surface area contributed by atoms with Crippen LogP contribution in [-0.2, 0) is 4.74 Å². The molecule has 0 atom stereocenters. The summed E-state index contributed by atoms with van der Waals surface area (Å²) in [6, 6.07) is 0. The van der Waals surface area contributed by atoms with Crippen molar-refractivity contribution in [3.63, 3.8) is 0 Å². The highest BCUT2D eigenvalue weighted by Crippen LogP contribution is 2.39. The number of hydrogen-bond donors (Lipinski definition) is 1. The predicted octanol–water partition coefficient (Wildman–Crippen LogP) is 2.95. The molecule has 2 saturated carbocycles. The first-order valence-corrected chi connectivity index (χ1v) is 6.45. The van der Waals surface area contributed by atoms with E-state index in [4.69, 9.17) is 4.74 Å². The molecule has 0 spiro atoms. The van der Waals surface area contributed by atoms with Crippen molar-refractivity contribution in [2.24, 2.45) is 17.8 Å². The van der Waals surface area contributed by atoms with Gasteiger partial charge in [-0.05, 0) is 50.4 Å². The lowest BCUT2D eigenvalue weighted by atomic mass is 9.69. The van der Waals surface area contributed by atoms with Gasteiger partial charge in [-0.15, -0.1) is 0 Å². The predicted molar refractivity (Wildman–Crippen MR) is 63.2 cm³/mol. The van der Waals surface area contributed by atoms with Crippen molar-refractivity contribution >= 4 is 6.09 Å². The maximum absolute atomic E-state index is 11.4. The van der Waals surface area contributed by atoms with Crippen LogP contribution in [0.4, 0.5) is 4.79 Å². The largest absolute Gasteiger partial charge is 0.443 e. The first-order valence-electron chi connectivity index (χ1n) is 6.45. The molecule has 92 valence electrons. The number of carbonyl (C=O) groups is 1. The van der Waals surface area contributed by atoms with E-state index in [1.165, 1.54) is 12.8 Å². The van der Waals surface area contributed by atoms with Gasteiger partial charge in [-0.1, -0.05) is 13.8 Å². The lowest BCUT2D eigenvalue weighted by molar-refractivity contribution is 0.0851. The second-order valence-electron chi connectivity index (χ2n) is 6.06. The Morgan fingerprint density at radius 2 is 2.06 bits per heavy atom. The fraction of sp³-hybridized carbons (Fsp3) is 0.923. The molecule has 1 amide bonds. The smallest absolute Gasteiger partial charge is 0.407 e. The Bertz CT molecular complexity index is 265. The zero-order chi connectivity index (χ0) is 11.8. The molecular weight excluding hydrogens is 202 g/mol. The Balaban J connectivity index is 1.57. The van der Waals surface area contributed by atoms with Gasteiger partial charge in [-0.25, -0.2) is 4.79 Å². The highest BCUT2D eigenvalue weighted by atomic mass is 16.6. The quantitative estimate of drug-likeness (QED) is 0.799. The van der Waals surface area contributed by atoms with Crippen LogP contribution in [0.15, 0.2) is 0 Å². The van der Waals surface area contributed by atoms with E-state index in [0.717, 1.165) is 31.2 Å². The highest BCUT2D eigenvalue weighted by molar-refractivity contribution is 5.68. The van der Waals surface area contributed by atoms with E-state index in [1.807, 2.05) is 6.92 Å². The van der Waals surface area contributed by atoms with E-state index in [2.05, 4.69) is 19.2 Å². The zero-order valence-electron chi connectivity index (χ0n) is 10.6. The molecule has 0 aromatic carbocycles. The Hall–Kier alpha value is -0.730. The maximum atomic E-state index is 11.4. The summed E-state index contributed by atoms with van der Waals surface area (Å²) in [5.74, 6) is 2.32. The number of rotatable bonds is 4. The molecule has 16 heavy (non-hydrogen) atoms. The van der Waals surface area contributed by atoms with Gasteiger partial charge in [0.25, 0.3) is 0 Å². The first kappa shape index (κ1) is 11.7. The lowest BCUT2D eigenvalue weighted by Gasteiger charge is -2.38. The van der Waals surface area contributed by atoms with Gasteiger partial charge in [-0.2, -0.15) is 0 Å². The highest BCUT2D eigenvalue weighted by Gasteiger charge is 2.42. The Morgan fingerprint density at radius 1 is 1.44 bits per heavy atom. The van der Waals surface area contributed by atoms with Crippen molar-refractivity contribution < 1.29 is 9.53 Å². The summed E-state index contributed by atoms with van der Waals surface area (Å²) in [5.41, 5.74) is -0.149. The van der Waals surface area contributed by atoms with Crippen LogP contribution in [0.3, 0.4) is 0 Å². The molecule has 0 heterocycles. The van der Waals surface area contributed by atoms with Crippen molar-refractivity contribution in [2.75, 3.05) is 6.54 Å². The van der Waals surface area contributed by atoms with Crippen LogP contribution >= 0.6 is 0 Å². The van der Waals surface area contributed by atoms with Gasteiger partial charge < -0.3 is 10.1 Å². The average molecular weight is 225 g/mol. The number of ether oxygens (including phenoxy) is 1. The summed E-state index contributed by atoms with van der Waals surface area (Å²) < 4.78 is 5.29. The summed E-state index contributed by atoms with van der Waals surface area (Å²) in [7, 11) is 0. The third kappa shape index (κ3) is 2.89. The Morgan fingerprint density at radius 3 is 2.56 bits per heavy atom. The normalized spacial score (nSPS) is 30.8. The molecule has 2 aliphatic rings. The van der Waals surface area contributed by atoms with Gasteiger partial charge in [-0.3, -0.25) is 0 Å². The molecule has 3 heteroatoms. The molecule has 3 nitrogen and oxygen atoms in total. The van der Waals surface area contributed by atoms with Crippen molar-refractivity contribution in [1.29, 1.82) is 0 Å². The van der Waals surface area contributed by atoms with Crippen molar-refractivity contribution in [3.8, 4) is 0 Å². The topological polar surface area (TPSA) is 38.3 Å². The van der Waals surface area contributed by atoms with E-state index in [1.54, 1.807) is 0 Å². The Kier molecular flexibility index (Phi) is 3.13. The first-order chi connectivity index (χ1) is 7.48. The van der Waals surface area contributed by atoms with E-state index in [0.29, 0.717) is 5.92 Å². The number of alkyl carbamates (subject to hydrolysis) is 1. The van der Waals surface area contributed by atoms with Crippen LogP contribution in [0.25, 0.3) is 0 Å². The number of amides is 1. The summed E-state index contributed by atoms with van der Waals surface area (Å²) in [5, 5.41) is 2.88. The van der Waals surface area contributed by atoms with Gasteiger partial charge in [0.05, 0.1) is 0 Å². The van der Waals surface area contributed by atoms with Gasteiger partial charge in [0.15, 0.2) is 0 Å². The van der Waals surface area contributed by atoms with Gasteiger partial charge in [0, 0.05) is 6.54 Å². The third-order valence-electron chi connectivity index (χ3n) is 4.04. The molecule has 0 radical (unpaired) electrons. The van der Waals surface area contributed by atoms with E-state index in [9.17, 15) is 4.79 Å². The monoisotopic (exact) mass is 225 g/mol. The molecule has 0 aromatic heterocycles. The molecule has 2 aliphatic carbocycles. The van der Waals surface area contributed by atoms with Crippen LogP contribution in [0.2, 0.25) is 0 Å². The van der Waals surface area contributed by atoms with Crippen LogP contribution in [-0.4, -0.2) is 18.2 Å². The van der Waals surface area contributed by atoms with Crippen LogP contribution in [0.5, 0.6) is 0 Å². The Labute approximate surface area is 97.9 Å². The van der Waals surface area contributed by atoms with Crippen molar-refractivity contribution in [3.05, 3.63) is 0 Å². The number of nitrogens with one attached hydrogen (secondary N) is 1. The fourth-order valence-corrected chi connectivity index (χ4v) is 2.26. The summed E-state index contributed by atoms with van der Waals surface area (Å²) in [6.45, 7) is 7.33. The molecule has 0 bridgehead atoms. The van der Waals surface area contributed by atoms with Crippen molar-refractivity contribution in [2.45, 2.75) is 52.1 Å². The van der Waals surface area contributed by atoms with Crippen molar-refractivity contribution in [1.82, 2.24) is 5.32 Å². The molecule has 0 aromatic rings. The summed E-state index contributed by atoms with van der Waals surface area (Å²) in [6.07, 6.45) is 4.32. The summed E-state index contributed by atoms with van der Waals surface area (Å²) >= 11 is 0. The standard InChI is InChI=1S/C13H23NO2/c1-9(2)11-6-10(7-11)8-14-12(15)16-13(3)4-5-13/h9-11H,4-8H2,1-3H3,(H,14,15). The minimum atomic E-state index is -0.229. The van der Waals surface area contributed by atoms with Gasteiger partial charge in [0.1, 0.15) is 5.60 Å². The van der Waals surface area contributed by atoms with E-state index in [-0.39, 0.29) is 11.7 Å². The second kappa shape index (κ2) is 4.27. The fourth-order valence-electron chi connectivity index (χ4n) is 2.26. The molecule has 1 N–H and O–H groups in total. The lowest BCUT2D eigenvalue weighted by Crippen LogP contribution is -2.38. The van der Waals surface area contributed by atoms with Gasteiger partial charge in [0.2, 0.25) is 0 Å². The SMILES string of the molecule is CC(C)C1CC(CNC(=O)OC2(C)CC2)C1. The molecule has 2 rings (SSSR count). The molecule has 0 saturated heterocycles. The molecular formula is C13H23NO2.